The van der Waals surface area contributed by atoms with Crippen molar-refractivity contribution in [1.82, 2.24) is 5.32 Å². The average molecular weight is 352 g/mol. The summed E-state index contributed by atoms with van der Waals surface area (Å²) in [6.45, 7) is 3.77. The first-order valence-corrected chi connectivity index (χ1v) is 10.1. The van der Waals surface area contributed by atoms with E-state index in [9.17, 15) is 14.7 Å². The van der Waals surface area contributed by atoms with E-state index in [0.29, 0.717) is 5.92 Å². The van der Waals surface area contributed by atoms with E-state index in [1.807, 2.05) is 20.1 Å². The van der Waals surface area contributed by atoms with Gasteiger partial charge in [-0.15, -0.1) is 0 Å². The number of rotatable bonds is 8. The fourth-order valence-electron chi connectivity index (χ4n) is 4.58. The van der Waals surface area contributed by atoms with Crippen molar-refractivity contribution in [1.29, 1.82) is 0 Å². The highest BCUT2D eigenvalue weighted by Crippen LogP contribution is 2.37. The second-order valence-electron chi connectivity index (χ2n) is 8.44. The molecule has 0 aromatic heterocycles. The second kappa shape index (κ2) is 9.67. The van der Waals surface area contributed by atoms with Crippen LogP contribution in [0.1, 0.15) is 71.6 Å². The van der Waals surface area contributed by atoms with Gasteiger partial charge in [-0.2, -0.15) is 0 Å². The highest BCUT2D eigenvalue weighted by atomic mass is 16.3. The molecule has 0 aromatic rings. The molecule has 0 spiro atoms. The van der Waals surface area contributed by atoms with E-state index in [4.69, 9.17) is 5.73 Å². The lowest BCUT2D eigenvalue weighted by Crippen LogP contribution is -2.48. The normalized spacial score (nSPS) is 28.5. The van der Waals surface area contributed by atoms with Gasteiger partial charge in [0.15, 0.2) is 0 Å². The fraction of sp³-hybridized carbons (Fsp3) is 0.900. The van der Waals surface area contributed by atoms with Crippen LogP contribution < -0.4 is 11.1 Å². The summed E-state index contributed by atoms with van der Waals surface area (Å²) in [5, 5.41) is 13.6. The van der Waals surface area contributed by atoms with E-state index in [0.717, 1.165) is 25.7 Å². The van der Waals surface area contributed by atoms with Crippen LogP contribution in [0, 0.1) is 23.7 Å². The van der Waals surface area contributed by atoms with E-state index in [-0.39, 0.29) is 29.7 Å². The summed E-state index contributed by atoms with van der Waals surface area (Å²) in [4.78, 5) is 23.6. The number of carbonyl (C=O) groups is 1. The van der Waals surface area contributed by atoms with Crippen LogP contribution in [0.2, 0.25) is 0 Å². The van der Waals surface area contributed by atoms with E-state index in [2.05, 4.69) is 5.32 Å². The lowest BCUT2D eigenvalue weighted by molar-refractivity contribution is -0.128. The quantitative estimate of drug-likeness (QED) is 0.626. The summed E-state index contributed by atoms with van der Waals surface area (Å²) in [5.41, 5.74) is 6.32. The van der Waals surface area contributed by atoms with Crippen molar-refractivity contribution in [3.8, 4) is 0 Å². The molecule has 1 radical (unpaired) electrons. The summed E-state index contributed by atoms with van der Waals surface area (Å²) in [6, 6.07) is -0.846. The predicted octanol–water partition coefficient (Wildman–Crippen LogP) is 2.31. The summed E-state index contributed by atoms with van der Waals surface area (Å²) in [6.07, 6.45) is 10.9. The highest BCUT2D eigenvalue weighted by Gasteiger charge is 2.40. The molecule has 5 heteroatoms. The molecule has 4 N–H and O–H groups in total. The average Bonchev–Trinajstić information content (AvgIpc) is 3.09. The molecule has 2 aliphatic rings. The van der Waals surface area contributed by atoms with Crippen LogP contribution in [0.25, 0.3) is 0 Å². The van der Waals surface area contributed by atoms with Gasteiger partial charge in [-0.25, -0.2) is 0 Å². The number of hydrogen-bond donors (Lipinski definition) is 3. The van der Waals surface area contributed by atoms with Gasteiger partial charge in [0.05, 0.1) is 12.1 Å². The fourth-order valence-corrected chi connectivity index (χ4v) is 4.58. The third kappa shape index (κ3) is 5.52. The van der Waals surface area contributed by atoms with Crippen molar-refractivity contribution in [2.24, 2.45) is 29.4 Å². The Morgan fingerprint density at radius 1 is 1.16 bits per heavy atom. The minimum Gasteiger partial charge on any atom is -0.391 e. The number of nitrogens with one attached hydrogen (secondary N) is 1. The minimum atomic E-state index is -0.641. The van der Waals surface area contributed by atoms with Crippen LogP contribution in [0.5, 0.6) is 0 Å². The molecule has 25 heavy (non-hydrogen) atoms. The number of nitrogens with two attached hydrogens (primary N) is 1. The first kappa shape index (κ1) is 20.4. The van der Waals surface area contributed by atoms with Crippen LogP contribution in [0.3, 0.4) is 0 Å². The van der Waals surface area contributed by atoms with Gasteiger partial charge >= 0.3 is 0 Å². The van der Waals surface area contributed by atoms with E-state index < -0.39 is 12.1 Å². The predicted molar refractivity (Wildman–Crippen MR) is 98.5 cm³/mol. The Bertz CT molecular complexity index is 435. The lowest BCUT2D eigenvalue weighted by Gasteiger charge is -2.32. The van der Waals surface area contributed by atoms with Crippen LogP contribution in [-0.4, -0.2) is 35.5 Å². The molecule has 0 heterocycles. The van der Waals surface area contributed by atoms with Crippen LogP contribution in [-0.2, 0) is 9.59 Å². The zero-order valence-electron chi connectivity index (χ0n) is 15.7. The largest absolute Gasteiger partial charge is 0.391 e. The summed E-state index contributed by atoms with van der Waals surface area (Å²) < 4.78 is 0. The lowest BCUT2D eigenvalue weighted by atomic mass is 9.80. The van der Waals surface area contributed by atoms with Gasteiger partial charge in [-0.1, -0.05) is 52.4 Å². The topological polar surface area (TPSA) is 92.4 Å². The second-order valence-corrected chi connectivity index (χ2v) is 8.44. The Morgan fingerprint density at radius 2 is 1.84 bits per heavy atom. The molecule has 5 nitrogen and oxygen atoms in total. The number of aliphatic hydroxyl groups is 1. The molecule has 2 saturated carbocycles. The summed E-state index contributed by atoms with van der Waals surface area (Å²) in [7, 11) is 0. The summed E-state index contributed by atoms with van der Waals surface area (Å²) in [5.74, 6) is 0.148. The smallest absolute Gasteiger partial charge is 0.224 e. The van der Waals surface area contributed by atoms with Gasteiger partial charge in [0, 0.05) is 12.0 Å². The Hall–Kier alpha value is -0.940. The Morgan fingerprint density at radius 3 is 2.44 bits per heavy atom. The van der Waals surface area contributed by atoms with Crippen molar-refractivity contribution in [3.05, 3.63) is 0 Å². The maximum absolute atomic E-state index is 12.6. The third-order valence-corrected chi connectivity index (χ3v) is 6.21. The van der Waals surface area contributed by atoms with Gasteiger partial charge in [0.1, 0.15) is 0 Å². The van der Waals surface area contributed by atoms with Gasteiger partial charge < -0.3 is 16.2 Å². The van der Waals surface area contributed by atoms with Crippen molar-refractivity contribution in [2.75, 3.05) is 0 Å². The molecule has 0 aromatic carbocycles. The Labute approximate surface area is 152 Å². The first-order chi connectivity index (χ1) is 11.9. The van der Waals surface area contributed by atoms with Crippen LogP contribution in [0.15, 0.2) is 0 Å². The van der Waals surface area contributed by atoms with Gasteiger partial charge in [0.2, 0.25) is 12.2 Å². The van der Waals surface area contributed by atoms with Crippen molar-refractivity contribution in [3.63, 3.8) is 0 Å². The summed E-state index contributed by atoms with van der Waals surface area (Å²) >= 11 is 0. The highest BCUT2D eigenvalue weighted by molar-refractivity contribution is 5.82. The van der Waals surface area contributed by atoms with E-state index in [1.165, 1.54) is 32.1 Å². The maximum atomic E-state index is 12.6. The monoisotopic (exact) mass is 351 g/mol. The molecule has 143 valence electrons. The van der Waals surface area contributed by atoms with Crippen molar-refractivity contribution in [2.45, 2.75) is 89.8 Å². The number of hydrogen-bond acceptors (Lipinski definition) is 4. The van der Waals surface area contributed by atoms with E-state index in [1.54, 1.807) is 0 Å². The van der Waals surface area contributed by atoms with Crippen LogP contribution in [0.4, 0.5) is 0 Å². The molecule has 2 aliphatic carbocycles. The molecule has 2 unspecified atom stereocenters. The van der Waals surface area contributed by atoms with Gasteiger partial charge in [-0.3, -0.25) is 9.59 Å². The Balaban J connectivity index is 1.91. The number of aliphatic hydroxyl groups excluding tert-OH is 1. The van der Waals surface area contributed by atoms with Crippen molar-refractivity contribution >= 4 is 12.2 Å². The SMILES string of the molecule is CC(C)[C@H]([C]=O)NC(=O)[C@@H]1CCCC1C(O)[C@@H](N)CC1CCCCC1. The molecule has 0 bridgehead atoms. The minimum absolute atomic E-state index is 0.0137. The molecular weight excluding hydrogens is 316 g/mol. The zero-order valence-corrected chi connectivity index (χ0v) is 15.7. The molecule has 2 rings (SSSR count). The molecular formula is C20H35N2O3. The first-order valence-electron chi connectivity index (χ1n) is 10.1. The van der Waals surface area contributed by atoms with Crippen LogP contribution >= 0.6 is 0 Å². The van der Waals surface area contributed by atoms with E-state index >= 15 is 0 Å². The maximum Gasteiger partial charge on any atom is 0.224 e. The van der Waals surface area contributed by atoms with Gasteiger partial charge in [0.25, 0.3) is 0 Å². The molecule has 1 amide bonds. The van der Waals surface area contributed by atoms with Gasteiger partial charge in [-0.05, 0) is 37.0 Å². The standard InChI is InChI=1S/C20H35N2O3/c1-13(2)18(12-23)22-20(25)16-10-6-9-15(16)19(24)17(21)11-14-7-4-3-5-8-14/h13-19,24H,3-11,21H2,1-2H3,(H,22,25)/t15?,16-,17+,18+,19?/m1/s1. The molecule has 0 saturated heterocycles. The zero-order chi connectivity index (χ0) is 18.4. The Kier molecular flexibility index (Phi) is 7.88. The molecule has 5 atom stereocenters. The third-order valence-electron chi connectivity index (χ3n) is 6.21. The number of amides is 1. The molecule has 2 fully saturated rings. The molecule has 0 aliphatic heterocycles. The number of carbonyl (C=O) groups excluding carboxylic acids is 2. The van der Waals surface area contributed by atoms with Crippen molar-refractivity contribution < 1.29 is 14.7 Å².